The number of hydrogen-bond acceptors (Lipinski definition) is 6. The number of imide groups is 1. The van der Waals surface area contributed by atoms with Crippen molar-refractivity contribution in [2.24, 2.45) is 11.8 Å². The number of hydrogen-bond donors (Lipinski definition) is 1. The second-order valence-electron chi connectivity index (χ2n) is 9.53. The van der Waals surface area contributed by atoms with E-state index in [4.69, 9.17) is 4.74 Å². The normalized spacial score (nSPS) is 25.1. The third kappa shape index (κ3) is 4.30. The molecule has 2 fully saturated rings. The number of rotatable bonds is 8. The topological polar surface area (TPSA) is 96.0 Å². The van der Waals surface area contributed by atoms with Crippen LogP contribution in [0, 0.1) is 18.8 Å². The van der Waals surface area contributed by atoms with Gasteiger partial charge >= 0.3 is 5.97 Å². The van der Waals surface area contributed by atoms with Gasteiger partial charge in [-0.05, 0) is 38.0 Å². The summed E-state index contributed by atoms with van der Waals surface area (Å²) >= 11 is 0. The standard InChI is InChI=1S/C28H33N3O5/c1-5-28(27(35)36-4)23-22(25(33)31(26(23)34)16-19-10-8-7-9-11-19)21(29-28)17-30(6-2)24(32)20-14-12-18(3)13-15-20/h7-15,21-23,29H,5-6,16-17H2,1-4H3/t21-,22+,23-,28-/m1/s1. The Balaban J connectivity index is 1.67. The van der Waals surface area contributed by atoms with E-state index < -0.39 is 29.4 Å². The van der Waals surface area contributed by atoms with Gasteiger partial charge in [-0.1, -0.05) is 55.0 Å². The minimum atomic E-state index is -1.34. The maximum atomic E-state index is 13.7. The molecule has 2 heterocycles. The maximum absolute atomic E-state index is 13.7. The number of ether oxygens (including phenoxy) is 1. The van der Waals surface area contributed by atoms with Crippen LogP contribution in [-0.2, 0) is 25.7 Å². The molecule has 0 bridgehead atoms. The Hall–Kier alpha value is -3.52. The largest absolute Gasteiger partial charge is 0.468 e. The zero-order valence-corrected chi connectivity index (χ0v) is 21.2. The first kappa shape index (κ1) is 25.6. The van der Waals surface area contributed by atoms with Crippen LogP contribution in [0.4, 0.5) is 0 Å². The summed E-state index contributed by atoms with van der Waals surface area (Å²) in [5.74, 6) is -3.13. The molecule has 3 amide bonds. The summed E-state index contributed by atoms with van der Waals surface area (Å²) in [7, 11) is 1.28. The smallest absolute Gasteiger partial charge is 0.326 e. The van der Waals surface area contributed by atoms with E-state index in [1.807, 2.05) is 56.3 Å². The van der Waals surface area contributed by atoms with E-state index in [2.05, 4.69) is 5.32 Å². The molecule has 8 heteroatoms. The van der Waals surface area contributed by atoms with Gasteiger partial charge in [-0.25, -0.2) is 0 Å². The van der Waals surface area contributed by atoms with Gasteiger partial charge in [0.05, 0.1) is 25.5 Å². The van der Waals surface area contributed by atoms with Gasteiger partial charge in [0.25, 0.3) is 5.91 Å². The van der Waals surface area contributed by atoms with Crippen LogP contribution in [0.3, 0.4) is 0 Å². The Labute approximate surface area is 211 Å². The molecule has 2 aromatic carbocycles. The second kappa shape index (κ2) is 10.2. The summed E-state index contributed by atoms with van der Waals surface area (Å²) in [6.45, 7) is 6.36. The number of likely N-dealkylation sites (tertiary alicyclic amines) is 1. The van der Waals surface area contributed by atoms with Crippen molar-refractivity contribution in [1.29, 1.82) is 0 Å². The Kier molecular flexibility index (Phi) is 7.26. The van der Waals surface area contributed by atoms with Crippen LogP contribution in [0.15, 0.2) is 54.6 Å². The first-order valence-corrected chi connectivity index (χ1v) is 12.4. The first-order valence-electron chi connectivity index (χ1n) is 12.4. The molecule has 0 spiro atoms. The summed E-state index contributed by atoms with van der Waals surface area (Å²) in [4.78, 5) is 56.6. The summed E-state index contributed by atoms with van der Waals surface area (Å²) in [5.41, 5.74) is 1.09. The van der Waals surface area contributed by atoms with Crippen molar-refractivity contribution in [3.8, 4) is 0 Å². The lowest BCUT2D eigenvalue weighted by Gasteiger charge is -2.32. The van der Waals surface area contributed by atoms with Crippen molar-refractivity contribution in [2.45, 2.75) is 45.3 Å². The number of carbonyl (C=O) groups excluding carboxylic acids is 4. The zero-order valence-electron chi connectivity index (χ0n) is 21.2. The average molecular weight is 492 g/mol. The molecule has 36 heavy (non-hydrogen) atoms. The molecule has 2 aromatic rings. The minimum Gasteiger partial charge on any atom is -0.468 e. The molecule has 2 saturated heterocycles. The number of amides is 3. The number of esters is 1. The molecule has 0 unspecified atom stereocenters. The van der Waals surface area contributed by atoms with Gasteiger partial charge in [-0.3, -0.25) is 29.4 Å². The first-order chi connectivity index (χ1) is 17.3. The SMILES string of the molecule is CCN(C[C@H]1N[C@@](CC)(C(=O)OC)[C@H]2C(=O)N(Cc3ccccc3)C(=O)[C@@H]12)C(=O)c1ccc(C)cc1. The number of aryl methyl sites for hydroxylation is 1. The van der Waals surface area contributed by atoms with Gasteiger partial charge in [-0.2, -0.15) is 0 Å². The molecule has 2 aliphatic heterocycles. The number of fused-ring (bicyclic) bond motifs is 1. The number of methoxy groups -OCH3 is 1. The summed E-state index contributed by atoms with van der Waals surface area (Å²) in [6.07, 6.45) is 0.271. The molecule has 190 valence electrons. The third-order valence-corrected chi connectivity index (χ3v) is 7.53. The molecule has 8 nitrogen and oxygen atoms in total. The molecule has 4 atom stereocenters. The number of likely N-dealkylation sites (N-methyl/N-ethyl adjacent to an activating group) is 1. The van der Waals surface area contributed by atoms with Crippen LogP contribution in [0.2, 0.25) is 0 Å². The van der Waals surface area contributed by atoms with Gasteiger partial charge in [0, 0.05) is 24.7 Å². The number of carbonyl (C=O) groups is 4. The summed E-state index contributed by atoms with van der Waals surface area (Å²) < 4.78 is 5.12. The lowest BCUT2D eigenvalue weighted by molar-refractivity contribution is -0.154. The highest BCUT2D eigenvalue weighted by Crippen LogP contribution is 2.45. The predicted octanol–water partition coefficient (Wildman–Crippen LogP) is 2.55. The highest BCUT2D eigenvalue weighted by atomic mass is 16.5. The van der Waals surface area contributed by atoms with Crippen LogP contribution in [0.1, 0.15) is 41.8 Å². The van der Waals surface area contributed by atoms with E-state index in [1.54, 1.807) is 24.0 Å². The number of nitrogens with one attached hydrogen (secondary N) is 1. The highest BCUT2D eigenvalue weighted by Gasteiger charge is 2.67. The van der Waals surface area contributed by atoms with Crippen molar-refractivity contribution >= 4 is 23.7 Å². The minimum absolute atomic E-state index is 0.138. The fourth-order valence-electron chi connectivity index (χ4n) is 5.57. The third-order valence-electron chi connectivity index (χ3n) is 7.53. The van der Waals surface area contributed by atoms with Gasteiger partial charge in [0.1, 0.15) is 5.54 Å². The molecular formula is C28H33N3O5. The molecule has 2 aliphatic rings. The molecule has 0 saturated carbocycles. The van der Waals surface area contributed by atoms with Crippen molar-refractivity contribution in [3.05, 3.63) is 71.3 Å². The Morgan fingerprint density at radius 3 is 2.28 bits per heavy atom. The van der Waals surface area contributed by atoms with Gasteiger partial charge in [-0.15, -0.1) is 0 Å². The molecule has 1 N–H and O–H groups in total. The molecule has 0 radical (unpaired) electrons. The van der Waals surface area contributed by atoms with Crippen LogP contribution >= 0.6 is 0 Å². The monoisotopic (exact) mass is 491 g/mol. The Morgan fingerprint density at radius 1 is 1.03 bits per heavy atom. The number of benzene rings is 2. The molecular weight excluding hydrogens is 458 g/mol. The van der Waals surface area contributed by atoms with Crippen LogP contribution in [0.5, 0.6) is 0 Å². The van der Waals surface area contributed by atoms with E-state index in [0.717, 1.165) is 11.1 Å². The molecule has 4 rings (SSSR count). The van der Waals surface area contributed by atoms with Gasteiger partial charge < -0.3 is 9.64 Å². The van der Waals surface area contributed by atoms with Crippen molar-refractivity contribution in [3.63, 3.8) is 0 Å². The quantitative estimate of drug-likeness (QED) is 0.450. The molecule has 0 aromatic heterocycles. The van der Waals surface area contributed by atoms with E-state index in [1.165, 1.54) is 12.0 Å². The lowest BCUT2D eigenvalue weighted by atomic mass is 9.78. The van der Waals surface area contributed by atoms with E-state index in [-0.39, 0.29) is 37.2 Å². The van der Waals surface area contributed by atoms with Gasteiger partial charge in [0.2, 0.25) is 11.8 Å². The maximum Gasteiger partial charge on any atom is 0.326 e. The fourth-order valence-corrected chi connectivity index (χ4v) is 5.57. The van der Waals surface area contributed by atoms with Crippen LogP contribution < -0.4 is 5.32 Å². The van der Waals surface area contributed by atoms with Crippen LogP contribution in [-0.4, -0.2) is 65.3 Å². The zero-order chi connectivity index (χ0) is 26.0. The highest BCUT2D eigenvalue weighted by molar-refractivity contribution is 6.09. The van der Waals surface area contributed by atoms with Crippen LogP contribution in [0.25, 0.3) is 0 Å². The van der Waals surface area contributed by atoms with Gasteiger partial charge in [0.15, 0.2) is 0 Å². The summed E-state index contributed by atoms with van der Waals surface area (Å²) in [6, 6.07) is 16.0. The van der Waals surface area contributed by atoms with E-state index in [9.17, 15) is 19.2 Å². The second-order valence-corrected chi connectivity index (χ2v) is 9.53. The average Bonchev–Trinajstić information content (AvgIpc) is 3.36. The predicted molar refractivity (Wildman–Crippen MR) is 134 cm³/mol. The van der Waals surface area contributed by atoms with E-state index in [0.29, 0.717) is 12.1 Å². The van der Waals surface area contributed by atoms with Crippen molar-refractivity contribution < 1.29 is 23.9 Å². The fraction of sp³-hybridized carbons (Fsp3) is 0.429. The summed E-state index contributed by atoms with van der Waals surface area (Å²) in [5, 5.41) is 3.30. The lowest BCUT2D eigenvalue weighted by Crippen LogP contribution is -2.58. The Morgan fingerprint density at radius 2 is 1.69 bits per heavy atom. The molecule has 0 aliphatic carbocycles. The Bertz CT molecular complexity index is 1150. The van der Waals surface area contributed by atoms with Crippen molar-refractivity contribution in [2.75, 3.05) is 20.2 Å². The van der Waals surface area contributed by atoms with E-state index >= 15 is 0 Å². The number of nitrogens with zero attached hydrogens (tertiary/aromatic N) is 2. The van der Waals surface area contributed by atoms with Crippen molar-refractivity contribution in [1.82, 2.24) is 15.1 Å².